The number of aliphatic carboxylic acids is 1. The van der Waals surface area contributed by atoms with Crippen LogP contribution in [-0.4, -0.2) is 21.3 Å². The molecule has 0 aliphatic heterocycles. The number of carbonyl (C=O) groups is 1. The lowest BCUT2D eigenvalue weighted by molar-refractivity contribution is -0.143. The summed E-state index contributed by atoms with van der Waals surface area (Å²) in [5.41, 5.74) is 0.645. The summed E-state index contributed by atoms with van der Waals surface area (Å²) in [7, 11) is 0. The Kier molecular flexibility index (Phi) is 2.55. The van der Waals surface area contributed by atoms with Gasteiger partial charge in [-0.15, -0.1) is 0 Å². The molecule has 0 spiro atoms. The van der Waals surface area contributed by atoms with E-state index in [1.165, 1.54) is 0 Å². The number of fused-ring (bicyclic) bond motifs is 1. The molecule has 0 atom stereocenters. The van der Waals surface area contributed by atoms with Gasteiger partial charge < -0.3 is 5.11 Å². The molecule has 1 fully saturated rings. The standard InChI is InChI=1S/C13H13ClN2O2/c14-8-3-4-10-9(7-8)11(16-15-10)13(12(17)18)5-1-2-6-13/h3-4,7H,1-2,5-6H2,(H,15,16)(H,17,18). The summed E-state index contributed by atoms with van der Waals surface area (Å²) in [5, 5.41) is 18.1. The van der Waals surface area contributed by atoms with E-state index in [1.54, 1.807) is 12.1 Å². The lowest BCUT2D eigenvalue weighted by Gasteiger charge is -2.22. The van der Waals surface area contributed by atoms with Crippen molar-refractivity contribution in [2.24, 2.45) is 0 Å². The normalized spacial score (nSPS) is 18.3. The number of H-pyrrole nitrogens is 1. The van der Waals surface area contributed by atoms with E-state index < -0.39 is 11.4 Å². The van der Waals surface area contributed by atoms with Gasteiger partial charge >= 0.3 is 5.97 Å². The second kappa shape index (κ2) is 3.99. The molecule has 2 N–H and O–H groups in total. The van der Waals surface area contributed by atoms with Crippen LogP contribution in [-0.2, 0) is 10.2 Å². The van der Waals surface area contributed by atoms with Gasteiger partial charge in [-0.05, 0) is 31.0 Å². The third-order valence-electron chi connectivity index (χ3n) is 3.86. The van der Waals surface area contributed by atoms with Crippen LogP contribution in [0.5, 0.6) is 0 Å². The quantitative estimate of drug-likeness (QED) is 0.876. The van der Waals surface area contributed by atoms with E-state index in [0.717, 1.165) is 23.7 Å². The van der Waals surface area contributed by atoms with Crippen molar-refractivity contribution in [3.63, 3.8) is 0 Å². The van der Waals surface area contributed by atoms with Crippen molar-refractivity contribution in [2.45, 2.75) is 31.1 Å². The van der Waals surface area contributed by atoms with E-state index in [-0.39, 0.29) is 0 Å². The maximum atomic E-state index is 11.7. The molecule has 0 radical (unpaired) electrons. The van der Waals surface area contributed by atoms with Crippen molar-refractivity contribution in [1.29, 1.82) is 0 Å². The van der Waals surface area contributed by atoms with Crippen LogP contribution in [0.4, 0.5) is 0 Å². The van der Waals surface area contributed by atoms with Crippen molar-refractivity contribution in [3.05, 3.63) is 28.9 Å². The summed E-state index contributed by atoms with van der Waals surface area (Å²) in [6, 6.07) is 5.36. The molecule has 5 heteroatoms. The highest BCUT2D eigenvalue weighted by Gasteiger charge is 2.45. The van der Waals surface area contributed by atoms with Gasteiger partial charge in [0.1, 0.15) is 5.41 Å². The minimum absolute atomic E-state index is 0.601. The molecule has 1 heterocycles. The summed E-state index contributed by atoms with van der Waals surface area (Å²) in [6.07, 6.45) is 3.19. The Morgan fingerprint density at radius 1 is 1.39 bits per heavy atom. The van der Waals surface area contributed by atoms with Crippen molar-refractivity contribution >= 4 is 28.5 Å². The van der Waals surface area contributed by atoms with Gasteiger partial charge in [-0.2, -0.15) is 5.10 Å². The second-order valence-corrected chi connectivity index (χ2v) is 5.29. The Balaban J connectivity index is 2.24. The van der Waals surface area contributed by atoms with E-state index in [9.17, 15) is 9.90 Å². The molecular formula is C13H13ClN2O2. The first-order valence-corrected chi connectivity index (χ1v) is 6.39. The molecule has 0 unspecified atom stereocenters. The highest BCUT2D eigenvalue weighted by Crippen LogP contribution is 2.43. The molecule has 3 rings (SSSR count). The summed E-state index contributed by atoms with van der Waals surface area (Å²) >= 11 is 5.99. The van der Waals surface area contributed by atoms with Crippen molar-refractivity contribution in [2.75, 3.05) is 0 Å². The first kappa shape index (κ1) is 11.5. The summed E-state index contributed by atoms with van der Waals surface area (Å²) in [5.74, 6) is -0.773. The predicted molar refractivity (Wildman–Crippen MR) is 68.9 cm³/mol. The molecule has 1 aromatic heterocycles. The van der Waals surface area contributed by atoms with Crippen LogP contribution >= 0.6 is 11.6 Å². The van der Waals surface area contributed by atoms with Gasteiger partial charge in [0.15, 0.2) is 0 Å². The van der Waals surface area contributed by atoms with Gasteiger partial charge in [0.05, 0.1) is 11.2 Å². The number of rotatable bonds is 2. The molecule has 1 saturated carbocycles. The predicted octanol–water partition coefficient (Wildman–Crippen LogP) is 3.11. The minimum atomic E-state index is -0.820. The average molecular weight is 265 g/mol. The molecule has 1 aliphatic carbocycles. The number of carboxylic acids is 1. The summed E-state index contributed by atoms with van der Waals surface area (Å²) in [6.45, 7) is 0. The van der Waals surface area contributed by atoms with Crippen LogP contribution in [0.15, 0.2) is 18.2 Å². The lowest BCUT2D eigenvalue weighted by Crippen LogP contribution is -2.33. The monoisotopic (exact) mass is 264 g/mol. The third-order valence-corrected chi connectivity index (χ3v) is 4.10. The molecule has 18 heavy (non-hydrogen) atoms. The minimum Gasteiger partial charge on any atom is -0.481 e. The zero-order valence-corrected chi connectivity index (χ0v) is 10.5. The van der Waals surface area contributed by atoms with E-state index in [1.807, 2.05) is 6.07 Å². The van der Waals surface area contributed by atoms with Crippen LogP contribution in [0.3, 0.4) is 0 Å². The molecule has 0 amide bonds. The van der Waals surface area contributed by atoms with Gasteiger partial charge in [-0.25, -0.2) is 0 Å². The fourth-order valence-electron chi connectivity index (χ4n) is 2.90. The maximum Gasteiger partial charge on any atom is 0.315 e. The molecule has 0 bridgehead atoms. The van der Waals surface area contributed by atoms with Gasteiger partial charge in [-0.1, -0.05) is 24.4 Å². The van der Waals surface area contributed by atoms with E-state index in [0.29, 0.717) is 23.6 Å². The van der Waals surface area contributed by atoms with E-state index in [4.69, 9.17) is 11.6 Å². The first-order chi connectivity index (χ1) is 8.63. The van der Waals surface area contributed by atoms with Gasteiger partial charge in [0.2, 0.25) is 0 Å². The van der Waals surface area contributed by atoms with Gasteiger partial charge in [0, 0.05) is 10.4 Å². The first-order valence-electron chi connectivity index (χ1n) is 6.01. The Bertz CT molecular complexity index is 614. The Morgan fingerprint density at radius 3 is 2.78 bits per heavy atom. The SMILES string of the molecule is O=C(O)C1(c2[nH]nc3ccc(Cl)cc23)CCCC1. The fourth-order valence-corrected chi connectivity index (χ4v) is 3.07. The second-order valence-electron chi connectivity index (χ2n) is 4.85. The number of nitrogens with one attached hydrogen (secondary N) is 1. The smallest absolute Gasteiger partial charge is 0.315 e. The van der Waals surface area contributed by atoms with Crippen LogP contribution in [0.1, 0.15) is 31.4 Å². The number of carboxylic acid groups (broad SMARTS) is 1. The number of hydrogen-bond acceptors (Lipinski definition) is 2. The van der Waals surface area contributed by atoms with Crippen molar-refractivity contribution in [3.8, 4) is 0 Å². The van der Waals surface area contributed by atoms with Crippen LogP contribution in [0, 0.1) is 0 Å². The molecule has 4 nitrogen and oxygen atoms in total. The Morgan fingerprint density at radius 2 is 2.11 bits per heavy atom. The van der Waals surface area contributed by atoms with Crippen molar-refractivity contribution < 1.29 is 9.90 Å². The number of halogens is 1. The number of nitrogens with zero attached hydrogens (tertiary/aromatic N) is 1. The fraction of sp³-hybridized carbons (Fsp3) is 0.385. The largest absolute Gasteiger partial charge is 0.481 e. The topological polar surface area (TPSA) is 66.0 Å². The molecule has 0 saturated heterocycles. The third kappa shape index (κ3) is 1.52. The maximum absolute atomic E-state index is 11.7. The van der Waals surface area contributed by atoms with Crippen LogP contribution < -0.4 is 0 Å². The summed E-state index contributed by atoms with van der Waals surface area (Å²) in [4.78, 5) is 11.7. The number of aromatic nitrogens is 2. The molecule has 1 aromatic carbocycles. The van der Waals surface area contributed by atoms with Gasteiger partial charge in [0.25, 0.3) is 0 Å². The highest BCUT2D eigenvalue weighted by atomic mass is 35.5. The van der Waals surface area contributed by atoms with E-state index >= 15 is 0 Å². The van der Waals surface area contributed by atoms with E-state index in [2.05, 4.69) is 10.2 Å². The zero-order valence-electron chi connectivity index (χ0n) is 9.74. The van der Waals surface area contributed by atoms with Crippen LogP contribution in [0.25, 0.3) is 10.9 Å². The van der Waals surface area contributed by atoms with Crippen LogP contribution in [0.2, 0.25) is 5.02 Å². The van der Waals surface area contributed by atoms with Crippen molar-refractivity contribution in [1.82, 2.24) is 10.2 Å². The average Bonchev–Trinajstić information content (AvgIpc) is 2.94. The molecule has 2 aromatic rings. The molecule has 94 valence electrons. The highest BCUT2D eigenvalue weighted by molar-refractivity contribution is 6.31. The number of aromatic amines is 1. The lowest BCUT2D eigenvalue weighted by atomic mass is 9.81. The Labute approximate surface area is 109 Å². The summed E-state index contributed by atoms with van der Waals surface area (Å²) < 4.78 is 0. The molecular weight excluding hydrogens is 252 g/mol. The number of benzene rings is 1. The molecule has 1 aliphatic rings. The number of hydrogen-bond donors (Lipinski definition) is 2. The zero-order chi connectivity index (χ0) is 12.8. The Hall–Kier alpha value is -1.55. The van der Waals surface area contributed by atoms with Gasteiger partial charge in [-0.3, -0.25) is 9.89 Å².